The van der Waals surface area contributed by atoms with Gasteiger partial charge in [0.15, 0.2) is 0 Å². The molecule has 1 N–H and O–H groups in total. The molecule has 2 fully saturated rings. The van der Waals surface area contributed by atoms with Gasteiger partial charge in [0, 0.05) is 12.6 Å². The Morgan fingerprint density at radius 1 is 1.33 bits per heavy atom. The molecule has 2 aliphatic rings. The Morgan fingerprint density at radius 2 is 2.07 bits per heavy atom. The van der Waals surface area contributed by atoms with Crippen LogP contribution in [-0.2, 0) is 4.74 Å². The SMILES string of the molecule is CC(C)C1CC(NCC2CC2C)CCO1. The first-order chi connectivity index (χ1) is 7.16. The zero-order chi connectivity index (χ0) is 10.8. The molecule has 2 nitrogen and oxygen atoms in total. The van der Waals surface area contributed by atoms with Crippen LogP contribution in [0.3, 0.4) is 0 Å². The molecule has 2 heteroatoms. The van der Waals surface area contributed by atoms with E-state index >= 15 is 0 Å². The van der Waals surface area contributed by atoms with Crippen LogP contribution in [0.15, 0.2) is 0 Å². The van der Waals surface area contributed by atoms with Crippen molar-refractivity contribution < 1.29 is 4.74 Å². The zero-order valence-electron chi connectivity index (χ0n) is 10.3. The van der Waals surface area contributed by atoms with Gasteiger partial charge in [0.1, 0.15) is 0 Å². The first kappa shape index (κ1) is 11.4. The summed E-state index contributed by atoms with van der Waals surface area (Å²) in [5, 5.41) is 3.72. The maximum Gasteiger partial charge on any atom is 0.0612 e. The molecular formula is C13H25NO. The summed E-state index contributed by atoms with van der Waals surface area (Å²) in [6.45, 7) is 9.05. The monoisotopic (exact) mass is 211 g/mol. The Labute approximate surface area is 93.8 Å². The van der Waals surface area contributed by atoms with E-state index in [2.05, 4.69) is 26.1 Å². The molecule has 0 aromatic heterocycles. The highest BCUT2D eigenvalue weighted by atomic mass is 16.5. The minimum Gasteiger partial charge on any atom is -0.378 e. The van der Waals surface area contributed by atoms with Gasteiger partial charge in [-0.05, 0) is 43.6 Å². The molecule has 1 saturated carbocycles. The Hall–Kier alpha value is -0.0800. The first-order valence-corrected chi connectivity index (χ1v) is 6.51. The third kappa shape index (κ3) is 3.18. The maximum absolute atomic E-state index is 5.77. The van der Waals surface area contributed by atoms with Gasteiger partial charge in [0.25, 0.3) is 0 Å². The highest BCUT2D eigenvalue weighted by Crippen LogP contribution is 2.37. The van der Waals surface area contributed by atoms with E-state index in [0.717, 1.165) is 18.4 Å². The molecule has 4 atom stereocenters. The van der Waals surface area contributed by atoms with Crippen LogP contribution < -0.4 is 5.32 Å². The molecule has 2 rings (SSSR count). The van der Waals surface area contributed by atoms with Gasteiger partial charge in [-0.15, -0.1) is 0 Å². The predicted octanol–water partition coefficient (Wildman–Crippen LogP) is 2.44. The summed E-state index contributed by atoms with van der Waals surface area (Å²) >= 11 is 0. The molecular weight excluding hydrogens is 186 g/mol. The Bertz CT molecular complexity index is 205. The van der Waals surface area contributed by atoms with Crippen LogP contribution in [0, 0.1) is 17.8 Å². The second kappa shape index (κ2) is 4.84. The van der Waals surface area contributed by atoms with Gasteiger partial charge in [-0.25, -0.2) is 0 Å². The van der Waals surface area contributed by atoms with Gasteiger partial charge in [-0.1, -0.05) is 20.8 Å². The summed E-state index contributed by atoms with van der Waals surface area (Å²) in [5.41, 5.74) is 0. The van der Waals surface area contributed by atoms with Gasteiger partial charge >= 0.3 is 0 Å². The van der Waals surface area contributed by atoms with Crippen molar-refractivity contribution in [2.75, 3.05) is 13.2 Å². The quantitative estimate of drug-likeness (QED) is 0.771. The van der Waals surface area contributed by atoms with E-state index in [4.69, 9.17) is 4.74 Å². The van der Waals surface area contributed by atoms with Gasteiger partial charge in [0.2, 0.25) is 0 Å². The molecule has 4 unspecified atom stereocenters. The smallest absolute Gasteiger partial charge is 0.0612 e. The lowest BCUT2D eigenvalue weighted by Crippen LogP contribution is -2.41. The van der Waals surface area contributed by atoms with Crippen LogP contribution >= 0.6 is 0 Å². The maximum atomic E-state index is 5.77. The number of ether oxygens (including phenoxy) is 1. The highest BCUT2D eigenvalue weighted by Gasteiger charge is 2.33. The van der Waals surface area contributed by atoms with E-state index in [0.29, 0.717) is 18.1 Å². The van der Waals surface area contributed by atoms with E-state index in [1.54, 1.807) is 0 Å². The summed E-state index contributed by atoms with van der Waals surface area (Å²) in [5.74, 6) is 2.60. The van der Waals surface area contributed by atoms with Gasteiger partial charge in [0.05, 0.1) is 6.10 Å². The predicted molar refractivity (Wildman–Crippen MR) is 62.9 cm³/mol. The van der Waals surface area contributed by atoms with Crippen molar-refractivity contribution in [3.63, 3.8) is 0 Å². The molecule has 0 spiro atoms. The molecule has 1 heterocycles. The van der Waals surface area contributed by atoms with Crippen molar-refractivity contribution in [1.29, 1.82) is 0 Å². The van der Waals surface area contributed by atoms with Crippen LogP contribution in [0.4, 0.5) is 0 Å². The molecule has 0 radical (unpaired) electrons. The number of nitrogens with one attached hydrogen (secondary N) is 1. The van der Waals surface area contributed by atoms with Crippen LogP contribution in [0.25, 0.3) is 0 Å². The van der Waals surface area contributed by atoms with Crippen molar-refractivity contribution in [2.45, 2.75) is 52.2 Å². The lowest BCUT2D eigenvalue weighted by molar-refractivity contribution is -0.0244. The molecule has 1 aliphatic carbocycles. The van der Waals surface area contributed by atoms with Crippen LogP contribution in [0.2, 0.25) is 0 Å². The average Bonchev–Trinajstić information content (AvgIpc) is 2.92. The third-order valence-corrected chi connectivity index (χ3v) is 4.00. The molecule has 1 aliphatic heterocycles. The van der Waals surface area contributed by atoms with Crippen LogP contribution in [0.5, 0.6) is 0 Å². The number of hydrogen-bond donors (Lipinski definition) is 1. The fraction of sp³-hybridized carbons (Fsp3) is 1.00. The number of rotatable bonds is 4. The van der Waals surface area contributed by atoms with E-state index < -0.39 is 0 Å². The van der Waals surface area contributed by atoms with Crippen LogP contribution in [-0.4, -0.2) is 25.3 Å². The fourth-order valence-corrected chi connectivity index (χ4v) is 2.48. The minimum atomic E-state index is 0.480. The van der Waals surface area contributed by atoms with Crippen LogP contribution in [0.1, 0.15) is 40.0 Å². The van der Waals surface area contributed by atoms with E-state index in [1.165, 1.54) is 25.8 Å². The molecule has 1 saturated heterocycles. The molecule has 88 valence electrons. The second-order valence-corrected chi connectivity index (χ2v) is 5.76. The fourth-order valence-electron chi connectivity index (χ4n) is 2.48. The first-order valence-electron chi connectivity index (χ1n) is 6.51. The van der Waals surface area contributed by atoms with Crippen molar-refractivity contribution in [1.82, 2.24) is 5.32 Å². The van der Waals surface area contributed by atoms with Gasteiger partial charge in [-0.3, -0.25) is 0 Å². The van der Waals surface area contributed by atoms with Gasteiger partial charge < -0.3 is 10.1 Å². The largest absolute Gasteiger partial charge is 0.378 e. The summed E-state index contributed by atoms with van der Waals surface area (Å²) in [6, 6.07) is 0.707. The van der Waals surface area contributed by atoms with Crippen molar-refractivity contribution in [3.8, 4) is 0 Å². The van der Waals surface area contributed by atoms with E-state index in [1.807, 2.05) is 0 Å². The topological polar surface area (TPSA) is 21.3 Å². The molecule has 0 bridgehead atoms. The standard InChI is InChI=1S/C13H25NO/c1-9(2)13-7-12(4-5-15-13)14-8-11-6-10(11)3/h9-14H,4-8H2,1-3H3. The Balaban J connectivity index is 1.68. The molecule has 15 heavy (non-hydrogen) atoms. The van der Waals surface area contributed by atoms with Crippen molar-refractivity contribution in [2.24, 2.45) is 17.8 Å². The van der Waals surface area contributed by atoms with E-state index in [-0.39, 0.29) is 0 Å². The summed E-state index contributed by atoms with van der Waals surface area (Å²) in [7, 11) is 0. The lowest BCUT2D eigenvalue weighted by atomic mass is 9.95. The molecule has 0 aromatic rings. The Morgan fingerprint density at radius 3 is 2.67 bits per heavy atom. The average molecular weight is 211 g/mol. The zero-order valence-corrected chi connectivity index (χ0v) is 10.3. The Kier molecular flexibility index (Phi) is 3.68. The summed E-state index contributed by atoms with van der Waals surface area (Å²) in [6.07, 6.45) is 4.32. The molecule has 0 amide bonds. The second-order valence-electron chi connectivity index (χ2n) is 5.76. The summed E-state index contributed by atoms with van der Waals surface area (Å²) < 4.78 is 5.77. The van der Waals surface area contributed by atoms with Crippen molar-refractivity contribution in [3.05, 3.63) is 0 Å². The lowest BCUT2D eigenvalue weighted by Gasteiger charge is -2.32. The molecule has 0 aromatic carbocycles. The van der Waals surface area contributed by atoms with Crippen molar-refractivity contribution >= 4 is 0 Å². The normalized spacial score (nSPS) is 40.8. The van der Waals surface area contributed by atoms with Gasteiger partial charge in [-0.2, -0.15) is 0 Å². The van der Waals surface area contributed by atoms with E-state index in [9.17, 15) is 0 Å². The minimum absolute atomic E-state index is 0.480. The highest BCUT2D eigenvalue weighted by molar-refractivity contribution is 4.86. The summed E-state index contributed by atoms with van der Waals surface area (Å²) in [4.78, 5) is 0. The number of hydrogen-bond acceptors (Lipinski definition) is 2. The third-order valence-electron chi connectivity index (χ3n) is 4.00.